The molecule has 0 saturated carbocycles. The Labute approximate surface area is 135 Å². The van der Waals surface area contributed by atoms with Gasteiger partial charge in [0.2, 0.25) is 0 Å². The largest absolute Gasteiger partial charge is 0.337 e. The molecular formula is C18H19N3O2. The van der Waals surface area contributed by atoms with Gasteiger partial charge < -0.3 is 9.80 Å². The lowest BCUT2D eigenvalue weighted by Crippen LogP contribution is -2.30. The predicted molar refractivity (Wildman–Crippen MR) is 88.6 cm³/mol. The molecule has 0 radical (unpaired) electrons. The first-order chi connectivity index (χ1) is 11.2. The highest BCUT2D eigenvalue weighted by Gasteiger charge is 2.22. The summed E-state index contributed by atoms with van der Waals surface area (Å²) < 4.78 is 0. The van der Waals surface area contributed by atoms with Crippen molar-refractivity contribution in [3.05, 3.63) is 59.9 Å². The molecule has 0 unspecified atom stereocenters. The van der Waals surface area contributed by atoms with Crippen molar-refractivity contribution in [1.82, 2.24) is 9.88 Å². The van der Waals surface area contributed by atoms with Crippen LogP contribution in [0.4, 0.5) is 5.69 Å². The number of aromatic nitrogens is 1. The van der Waals surface area contributed by atoms with Gasteiger partial charge in [0, 0.05) is 37.6 Å². The first-order valence-electron chi connectivity index (χ1n) is 7.75. The summed E-state index contributed by atoms with van der Waals surface area (Å²) in [5.74, 6) is -0.256. The third-order valence-electron chi connectivity index (χ3n) is 4.07. The molecule has 2 aromatic rings. The van der Waals surface area contributed by atoms with Crippen molar-refractivity contribution in [1.29, 1.82) is 0 Å². The number of nitrogens with zero attached hydrogens (tertiary/aromatic N) is 3. The Bertz CT molecular complexity index is 709. The number of hydrogen-bond acceptors (Lipinski definition) is 3. The zero-order chi connectivity index (χ0) is 16.2. The molecule has 23 heavy (non-hydrogen) atoms. The Morgan fingerprint density at radius 2 is 1.78 bits per heavy atom. The van der Waals surface area contributed by atoms with Crippen molar-refractivity contribution >= 4 is 17.5 Å². The summed E-state index contributed by atoms with van der Waals surface area (Å²) in [7, 11) is 1.72. The van der Waals surface area contributed by atoms with E-state index < -0.39 is 0 Å². The summed E-state index contributed by atoms with van der Waals surface area (Å²) in [5, 5.41) is 0. The minimum absolute atomic E-state index is 0.0977. The second kappa shape index (κ2) is 6.60. The van der Waals surface area contributed by atoms with Gasteiger partial charge in [-0.2, -0.15) is 0 Å². The quantitative estimate of drug-likeness (QED) is 0.875. The van der Waals surface area contributed by atoms with Crippen LogP contribution in [0.25, 0.3) is 0 Å². The summed E-state index contributed by atoms with van der Waals surface area (Å²) in [4.78, 5) is 32.5. The molecule has 0 spiro atoms. The van der Waals surface area contributed by atoms with Crippen LogP contribution in [0.5, 0.6) is 0 Å². The van der Waals surface area contributed by atoms with Crippen LogP contribution in [0.3, 0.4) is 0 Å². The fraction of sp³-hybridized carbons (Fsp3) is 0.278. The van der Waals surface area contributed by atoms with E-state index in [1.54, 1.807) is 29.0 Å². The first kappa shape index (κ1) is 15.2. The lowest BCUT2D eigenvalue weighted by Gasteiger charge is -2.18. The number of likely N-dealkylation sites (tertiary alicyclic amines) is 1. The molecule has 5 heteroatoms. The Kier molecular flexibility index (Phi) is 4.37. The lowest BCUT2D eigenvalue weighted by atomic mass is 10.2. The molecule has 1 aromatic heterocycles. The van der Waals surface area contributed by atoms with Gasteiger partial charge in [0.25, 0.3) is 11.8 Å². The molecule has 1 saturated heterocycles. The number of anilines is 1. The van der Waals surface area contributed by atoms with Crippen LogP contribution < -0.4 is 4.90 Å². The lowest BCUT2D eigenvalue weighted by molar-refractivity contribution is 0.0787. The summed E-state index contributed by atoms with van der Waals surface area (Å²) >= 11 is 0. The molecule has 2 amide bonds. The Morgan fingerprint density at radius 1 is 1.09 bits per heavy atom. The van der Waals surface area contributed by atoms with Crippen LogP contribution in [0, 0.1) is 0 Å². The SMILES string of the molecule is CN(C(=O)c1ccnc(C(=O)N2CCCC2)c1)c1ccccc1. The van der Waals surface area contributed by atoms with Crippen molar-refractivity contribution in [3.63, 3.8) is 0 Å². The van der Waals surface area contributed by atoms with Gasteiger partial charge in [0.1, 0.15) is 5.69 Å². The van der Waals surface area contributed by atoms with Gasteiger partial charge >= 0.3 is 0 Å². The van der Waals surface area contributed by atoms with Gasteiger partial charge in [-0.25, -0.2) is 0 Å². The Hall–Kier alpha value is -2.69. The van der Waals surface area contributed by atoms with Gasteiger partial charge in [-0.05, 0) is 37.1 Å². The van der Waals surface area contributed by atoms with E-state index in [1.165, 1.54) is 6.20 Å². The van der Waals surface area contributed by atoms with E-state index in [0.717, 1.165) is 31.6 Å². The fourth-order valence-corrected chi connectivity index (χ4v) is 2.73. The fourth-order valence-electron chi connectivity index (χ4n) is 2.73. The second-order valence-electron chi connectivity index (χ2n) is 5.63. The molecule has 0 bridgehead atoms. The first-order valence-corrected chi connectivity index (χ1v) is 7.75. The molecule has 1 aromatic carbocycles. The summed E-state index contributed by atoms with van der Waals surface area (Å²) in [6.45, 7) is 1.53. The number of carbonyl (C=O) groups excluding carboxylic acids is 2. The zero-order valence-electron chi connectivity index (χ0n) is 13.1. The van der Waals surface area contributed by atoms with Crippen LogP contribution in [0.2, 0.25) is 0 Å². The average molecular weight is 309 g/mol. The van der Waals surface area contributed by atoms with Crippen LogP contribution in [-0.4, -0.2) is 41.8 Å². The second-order valence-corrected chi connectivity index (χ2v) is 5.63. The molecule has 0 N–H and O–H groups in total. The number of hydrogen-bond donors (Lipinski definition) is 0. The van der Waals surface area contributed by atoms with Crippen molar-refractivity contribution in [2.24, 2.45) is 0 Å². The van der Waals surface area contributed by atoms with Crippen LogP contribution in [-0.2, 0) is 0 Å². The zero-order valence-corrected chi connectivity index (χ0v) is 13.1. The van der Waals surface area contributed by atoms with Gasteiger partial charge in [-0.3, -0.25) is 14.6 Å². The Morgan fingerprint density at radius 3 is 2.48 bits per heavy atom. The molecule has 2 heterocycles. The van der Waals surface area contributed by atoms with E-state index in [0.29, 0.717) is 11.3 Å². The minimum Gasteiger partial charge on any atom is -0.337 e. The van der Waals surface area contributed by atoms with E-state index in [2.05, 4.69) is 4.98 Å². The van der Waals surface area contributed by atoms with E-state index in [4.69, 9.17) is 0 Å². The maximum atomic E-state index is 12.6. The smallest absolute Gasteiger partial charge is 0.272 e. The molecule has 0 atom stereocenters. The summed E-state index contributed by atoms with van der Waals surface area (Å²) in [6, 6.07) is 12.6. The molecule has 118 valence electrons. The van der Waals surface area contributed by atoms with E-state index in [9.17, 15) is 9.59 Å². The van der Waals surface area contributed by atoms with E-state index in [1.807, 2.05) is 30.3 Å². The van der Waals surface area contributed by atoms with Crippen LogP contribution >= 0.6 is 0 Å². The summed E-state index contributed by atoms with van der Waals surface area (Å²) in [6.07, 6.45) is 3.58. The predicted octanol–water partition coefficient (Wildman–Crippen LogP) is 2.59. The normalized spacial score (nSPS) is 13.9. The topological polar surface area (TPSA) is 53.5 Å². The number of amides is 2. The van der Waals surface area contributed by atoms with Gasteiger partial charge in [-0.15, -0.1) is 0 Å². The third-order valence-corrected chi connectivity index (χ3v) is 4.07. The highest BCUT2D eigenvalue weighted by molar-refractivity contribution is 6.06. The molecule has 5 nitrogen and oxygen atoms in total. The minimum atomic E-state index is -0.158. The molecular weight excluding hydrogens is 290 g/mol. The molecule has 1 fully saturated rings. The van der Waals surface area contributed by atoms with Crippen LogP contribution in [0.15, 0.2) is 48.7 Å². The summed E-state index contributed by atoms with van der Waals surface area (Å²) in [5.41, 5.74) is 1.61. The molecule has 3 rings (SSSR count). The highest BCUT2D eigenvalue weighted by atomic mass is 16.2. The van der Waals surface area contributed by atoms with Gasteiger partial charge in [0.05, 0.1) is 0 Å². The Balaban J connectivity index is 1.81. The average Bonchev–Trinajstić information content (AvgIpc) is 3.15. The molecule has 0 aliphatic carbocycles. The van der Waals surface area contributed by atoms with Crippen molar-refractivity contribution in [2.75, 3.05) is 25.0 Å². The number of benzene rings is 1. The third kappa shape index (κ3) is 3.23. The van der Waals surface area contributed by atoms with Gasteiger partial charge in [-0.1, -0.05) is 18.2 Å². The van der Waals surface area contributed by atoms with Crippen LogP contribution in [0.1, 0.15) is 33.7 Å². The van der Waals surface area contributed by atoms with Gasteiger partial charge in [0.15, 0.2) is 0 Å². The number of carbonyl (C=O) groups is 2. The maximum Gasteiger partial charge on any atom is 0.272 e. The van der Waals surface area contributed by atoms with Crippen molar-refractivity contribution in [3.8, 4) is 0 Å². The van der Waals surface area contributed by atoms with Crippen molar-refractivity contribution in [2.45, 2.75) is 12.8 Å². The van der Waals surface area contributed by atoms with Crippen molar-refractivity contribution < 1.29 is 9.59 Å². The number of rotatable bonds is 3. The molecule has 1 aliphatic rings. The number of para-hydroxylation sites is 1. The number of pyridine rings is 1. The molecule has 1 aliphatic heterocycles. The highest BCUT2D eigenvalue weighted by Crippen LogP contribution is 2.16. The standard InChI is InChI=1S/C18H19N3O2/c1-20(15-7-3-2-4-8-15)17(22)14-9-10-19-16(13-14)18(23)21-11-5-6-12-21/h2-4,7-10,13H,5-6,11-12H2,1H3. The van der Waals surface area contributed by atoms with E-state index in [-0.39, 0.29) is 11.8 Å². The maximum absolute atomic E-state index is 12.6. The van der Waals surface area contributed by atoms with E-state index >= 15 is 0 Å². The monoisotopic (exact) mass is 309 g/mol.